The summed E-state index contributed by atoms with van der Waals surface area (Å²) < 4.78 is 25.0. The third-order valence-corrected chi connectivity index (χ3v) is 5.45. The summed E-state index contributed by atoms with van der Waals surface area (Å²) in [5, 5.41) is 0.521. The summed E-state index contributed by atoms with van der Waals surface area (Å²) in [4.78, 5) is 13.7. The van der Waals surface area contributed by atoms with Gasteiger partial charge in [-0.15, -0.1) is 11.3 Å². The summed E-state index contributed by atoms with van der Waals surface area (Å²) in [7, 11) is 1.61. The van der Waals surface area contributed by atoms with Crippen molar-refractivity contribution in [2.24, 2.45) is 0 Å². The van der Waals surface area contributed by atoms with Gasteiger partial charge < -0.3 is 9.47 Å². The lowest BCUT2D eigenvalue weighted by Crippen LogP contribution is -1.96. The molecule has 0 radical (unpaired) electrons. The van der Waals surface area contributed by atoms with Crippen LogP contribution >= 0.6 is 22.9 Å². The van der Waals surface area contributed by atoms with Gasteiger partial charge in [-0.3, -0.25) is 4.98 Å². The average molecular weight is 414 g/mol. The first-order valence-corrected chi connectivity index (χ1v) is 9.38. The predicted molar refractivity (Wildman–Crippen MR) is 108 cm³/mol. The molecule has 0 unspecified atom stereocenters. The van der Waals surface area contributed by atoms with Crippen molar-refractivity contribution in [1.29, 1.82) is 0 Å². The lowest BCUT2D eigenvalue weighted by Gasteiger charge is -2.06. The summed E-state index contributed by atoms with van der Waals surface area (Å²) in [6.07, 6.45) is 8.74. The van der Waals surface area contributed by atoms with E-state index in [0.717, 1.165) is 22.3 Å². The molecule has 4 aromatic rings. The van der Waals surface area contributed by atoms with Gasteiger partial charge in [-0.2, -0.15) is 0 Å². The van der Waals surface area contributed by atoms with E-state index in [2.05, 4.69) is 15.0 Å². The number of fused-ring (bicyclic) bond motifs is 2. The molecule has 0 spiro atoms. The van der Waals surface area contributed by atoms with Crippen LogP contribution in [0.15, 0.2) is 24.4 Å². The molecule has 0 N–H and O–H groups in total. The number of nitrogens with zero attached hydrogens (tertiary/aromatic N) is 3. The Morgan fingerprint density at radius 1 is 1.25 bits per heavy atom. The van der Waals surface area contributed by atoms with E-state index in [9.17, 15) is 4.39 Å². The first-order valence-electron chi connectivity index (χ1n) is 8.18. The van der Waals surface area contributed by atoms with Crippen molar-refractivity contribution in [3.63, 3.8) is 0 Å². The second-order valence-corrected chi connectivity index (χ2v) is 7.47. The Hall–Kier alpha value is -2.79. The van der Waals surface area contributed by atoms with Crippen molar-refractivity contribution in [3.05, 3.63) is 46.5 Å². The molecule has 0 saturated carbocycles. The summed E-state index contributed by atoms with van der Waals surface area (Å²) in [5.41, 5.74) is 4.31. The molecule has 4 rings (SSSR count). The normalized spacial score (nSPS) is 11.1. The second-order valence-electron chi connectivity index (χ2n) is 6.06. The molecule has 2 aromatic carbocycles. The number of aromatic nitrogens is 3. The zero-order valence-electron chi connectivity index (χ0n) is 14.9. The van der Waals surface area contributed by atoms with Gasteiger partial charge in [-0.05, 0) is 24.6 Å². The van der Waals surface area contributed by atoms with E-state index >= 15 is 0 Å². The number of rotatable bonds is 4. The highest BCUT2D eigenvalue weighted by Crippen LogP contribution is 2.40. The standard InChI is InChI=1S/C20H13ClFN3O2S/c1-4-27-14-7-15-19(16(21)17(14)22)25-20(28-15)12-5-10(2)6-13-18(12)23-8-11(24-13)9-26-3/h1,5-8H,9H2,2-3H3. The van der Waals surface area contributed by atoms with Crippen molar-refractivity contribution in [3.8, 4) is 28.9 Å². The van der Waals surface area contributed by atoms with Crippen LogP contribution in [0.4, 0.5) is 4.39 Å². The fourth-order valence-corrected chi connectivity index (χ4v) is 4.23. The fourth-order valence-electron chi connectivity index (χ4n) is 2.92. The highest BCUT2D eigenvalue weighted by molar-refractivity contribution is 7.21. The maximum Gasteiger partial charge on any atom is 0.187 e. The molecule has 0 saturated heterocycles. The molecule has 0 aliphatic carbocycles. The van der Waals surface area contributed by atoms with Crippen molar-refractivity contribution < 1.29 is 13.9 Å². The molecule has 0 atom stereocenters. The van der Waals surface area contributed by atoms with Gasteiger partial charge in [0.25, 0.3) is 0 Å². The molecule has 0 bridgehead atoms. The molecule has 0 fully saturated rings. The Morgan fingerprint density at radius 2 is 2.07 bits per heavy atom. The van der Waals surface area contributed by atoms with Gasteiger partial charge >= 0.3 is 0 Å². The minimum absolute atomic E-state index is 0.103. The predicted octanol–water partition coefficient (Wildman–Crippen LogP) is 5.12. The monoisotopic (exact) mass is 413 g/mol. The molecular weight excluding hydrogens is 401 g/mol. The Balaban J connectivity index is 1.93. The maximum absolute atomic E-state index is 14.3. The van der Waals surface area contributed by atoms with Crippen LogP contribution in [-0.2, 0) is 11.3 Å². The van der Waals surface area contributed by atoms with Gasteiger partial charge in [0.05, 0.1) is 34.2 Å². The van der Waals surface area contributed by atoms with Gasteiger partial charge in [-0.25, -0.2) is 14.4 Å². The second kappa shape index (κ2) is 7.32. The smallest absolute Gasteiger partial charge is 0.187 e. The van der Waals surface area contributed by atoms with Gasteiger partial charge in [0, 0.05) is 18.7 Å². The lowest BCUT2D eigenvalue weighted by atomic mass is 10.1. The maximum atomic E-state index is 14.3. The number of thiazole rings is 1. The van der Waals surface area contributed by atoms with Gasteiger partial charge in [0.15, 0.2) is 11.6 Å². The number of hydrogen-bond donors (Lipinski definition) is 0. The van der Waals surface area contributed by atoms with Crippen molar-refractivity contribution >= 4 is 44.2 Å². The van der Waals surface area contributed by atoms with Gasteiger partial charge in [0.1, 0.15) is 21.7 Å². The van der Waals surface area contributed by atoms with Crippen molar-refractivity contribution in [1.82, 2.24) is 15.0 Å². The molecule has 0 aliphatic heterocycles. The molecule has 0 amide bonds. The molecule has 0 aliphatic rings. The Bertz CT molecular complexity index is 1270. The number of hydrogen-bond acceptors (Lipinski definition) is 6. The van der Waals surface area contributed by atoms with E-state index in [1.807, 2.05) is 25.2 Å². The largest absolute Gasteiger partial charge is 0.405 e. The minimum Gasteiger partial charge on any atom is -0.405 e. The molecular formula is C20H13ClFN3O2S. The first-order chi connectivity index (χ1) is 13.5. The molecule has 8 heteroatoms. The van der Waals surface area contributed by atoms with E-state index in [1.165, 1.54) is 17.4 Å². The number of aryl methyl sites for hydroxylation is 1. The van der Waals surface area contributed by atoms with Crippen LogP contribution < -0.4 is 4.74 Å². The number of terminal acetylenes is 1. The van der Waals surface area contributed by atoms with Crippen molar-refractivity contribution in [2.75, 3.05) is 7.11 Å². The van der Waals surface area contributed by atoms with Crippen LogP contribution in [0.5, 0.6) is 5.75 Å². The summed E-state index contributed by atoms with van der Waals surface area (Å²) in [6.45, 7) is 2.34. The van der Waals surface area contributed by atoms with Gasteiger partial charge in [0.2, 0.25) is 0 Å². The van der Waals surface area contributed by atoms with E-state index in [-0.39, 0.29) is 10.8 Å². The molecule has 2 heterocycles. The zero-order chi connectivity index (χ0) is 19.8. The Kier molecular flexibility index (Phi) is 4.85. The quantitative estimate of drug-likeness (QED) is 0.434. The van der Waals surface area contributed by atoms with Crippen molar-refractivity contribution in [2.45, 2.75) is 13.5 Å². The number of benzene rings is 2. The Morgan fingerprint density at radius 3 is 2.82 bits per heavy atom. The van der Waals surface area contributed by atoms with Crippen LogP contribution in [0, 0.1) is 25.3 Å². The van der Waals surface area contributed by atoms with Crippen LogP contribution in [0.2, 0.25) is 5.02 Å². The molecule has 5 nitrogen and oxygen atoms in total. The average Bonchev–Trinajstić information content (AvgIpc) is 3.09. The number of ether oxygens (including phenoxy) is 2. The minimum atomic E-state index is -0.734. The third-order valence-electron chi connectivity index (χ3n) is 4.06. The van der Waals surface area contributed by atoms with E-state index in [0.29, 0.717) is 27.3 Å². The zero-order valence-corrected chi connectivity index (χ0v) is 16.5. The Labute approximate surface area is 169 Å². The lowest BCUT2D eigenvalue weighted by molar-refractivity contribution is 0.181. The number of halogens is 2. The van der Waals surface area contributed by atoms with Crippen LogP contribution in [0.3, 0.4) is 0 Å². The summed E-state index contributed by atoms with van der Waals surface area (Å²) in [6, 6.07) is 5.41. The van der Waals surface area contributed by atoms with Crippen LogP contribution in [0.25, 0.3) is 31.8 Å². The summed E-state index contributed by atoms with van der Waals surface area (Å²) in [5.74, 6) is -0.838. The summed E-state index contributed by atoms with van der Waals surface area (Å²) >= 11 is 7.50. The number of methoxy groups -OCH3 is 1. The molecule has 28 heavy (non-hydrogen) atoms. The molecule has 140 valence electrons. The molecule has 2 aromatic heterocycles. The fraction of sp³-hybridized carbons (Fsp3) is 0.150. The van der Waals surface area contributed by atoms with E-state index in [4.69, 9.17) is 27.5 Å². The third kappa shape index (κ3) is 3.16. The topological polar surface area (TPSA) is 57.1 Å². The highest BCUT2D eigenvalue weighted by atomic mass is 35.5. The SMILES string of the molecule is C#COc1cc2sc(-c3cc(C)cc4nc(COC)cnc34)nc2c(Cl)c1F. The first kappa shape index (κ1) is 18.6. The highest BCUT2D eigenvalue weighted by Gasteiger charge is 2.19. The van der Waals surface area contributed by atoms with E-state index < -0.39 is 5.82 Å². The van der Waals surface area contributed by atoms with Crippen LogP contribution in [0.1, 0.15) is 11.3 Å². The van der Waals surface area contributed by atoms with Gasteiger partial charge in [-0.1, -0.05) is 18.0 Å². The van der Waals surface area contributed by atoms with Crippen LogP contribution in [-0.4, -0.2) is 22.1 Å². The van der Waals surface area contributed by atoms with E-state index in [1.54, 1.807) is 13.3 Å².